The van der Waals surface area contributed by atoms with Crippen molar-refractivity contribution in [3.63, 3.8) is 0 Å². The second-order valence-electron chi connectivity index (χ2n) is 7.31. The van der Waals surface area contributed by atoms with Gasteiger partial charge in [0.05, 0.1) is 19.9 Å². The highest BCUT2D eigenvalue weighted by atomic mass is 16.5. The summed E-state index contributed by atoms with van der Waals surface area (Å²) in [6, 6.07) is 12.4. The maximum atomic E-state index is 5.65. The van der Waals surface area contributed by atoms with Crippen molar-refractivity contribution in [3.8, 4) is 28.4 Å². The fourth-order valence-electron chi connectivity index (χ4n) is 3.76. The first-order valence-corrected chi connectivity index (χ1v) is 9.78. The molecule has 1 aromatic heterocycles. The predicted molar refractivity (Wildman–Crippen MR) is 113 cm³/mol. The van der Waals surface area contributed by atoms with Gasteiger partial charge in [0.25, 0.3) is 0 Å². The average Bonchev–Trinajstić information content (AvgIpc) is 2.90. The molecule has 4 rings (SSSR count). The molecule has 0 saturated heterocycles. The van der Waals surface area contributed by atoms with E-state index in [9.17, 15) is 0 Å². The third kappa shape index (κ3) is 3.21. The van der Waals surface area contributed by atoms with Gasteiger partial charge in [-0.1, -0.05) is 6.07 Å². The zero-order chi connectivity index (χ0) is 19.7. The zero-order valence-electron chi connectivity index (χ0n) is 17.0. The minimum atomic E-state index is 0.798. The molecule has 2 aromatic carbocycles. The summed E-state index contributed by atoms with van der Waals surface area (Å²) in [5.41, 5.74) is 6.77. The average molecular weight is 377 g/mol. The molecule has 1 aliphatic heterocycles. The van der Waals surface area contributed by atoms with Gasteiger partial charge in [-0.3, -0.25) is 0 Å². The molecule has 0 amide bonds. The summed E-state index contributed by atoms with van der Waals surface area (Å²) in [4.78, 5) is 0. The van der Waals surface area contributed by atoms with Crippen LogP contribution >= 0.6 is 0 Å². The van der Waals surface area contributed by atoms with E-state index in [4.69, 9.17) is 14.6 Å². The first-order valence-electron chi connectivity index (χ1n) is 9.78. The quantitative estimate of drug-likeness (QED) is 0.701. The number of anilines is 1. The van der Waals surface area contributed by atoms with Crippen LogP contribution in [0.3, 0.4) is 0 Å². The lowest BCUT2D eigenvalue weighted by atomic mass is 10.0. The van der Waals surface area contributed by atoms with Gasteiger partial charge in [0.2, 0.25) is 0 Å². The molecule has 0 fully saturated rings. The normalized spacial score (nSPS) is 13.4. The lowest BCUT2D eigenvalue weighted by molar-refractivity contribution is 0.404. The molecule has 5 heteroatoms. The monoisotopic (exact) mass is 377 g/mol. The number of fused-ring (bicyclic) bond motifs is 1. The minimum absolute atomic E-state index is 0.798. The van der Waals surface area contributed by atoms with Crippen LogP contribution < -0.4 is 14.8 Å². The van der Waals surface area contributed by atoms with E-state index in [2.05, 4.69) is 37.4 Å². The SMILES string of the molecule is COc1ccc(OC)c(-c2nn(-c3ccc(C)c(C)c3)c3c2CCCCN3)c1. The van der Waals surface area contributed by atoms with Crippen LogP contribution in [0.1, 0.15) is 29.5 Å². The van der Waals surface area contributed by atoms with Crippen LogP contribution in [0.25, 0.3) is 16.9 Å². The largest absolute Gasteiger partial charge is 0.497 e. The van der Waals surface area contributed by atoms with Gasteiger partial charge in [-0.05, 0) is 74.6 Å². The van der Waals surface area contributed by atoms with Crippen LogP contribution in [-0.2, 0) is 6.42 Å². The number of nitrogens with zero attached hydrogens (tertiary/aromatic N) is 2. The Kier molecular flexibility index (Phi) is 4.99. The number of methoxy groups -OCH3 is 2. The fraction of sp³-hybridized carbons (Fsp3) is 0.348. The van der Waals surface area contributed by atoms with E-state index in [1.165, 1.54) is 16.7 Å². The van der Waals surface area contributed by atoms with Gasteiger partial charge >= 0.3 is 0 Å². The van der Waals surface area contributed by atoms with Crippen LogP contribution in [0.15, 0.2) is 36.4 Å². The molecule has 0 radical (unpaired) electrons. The molecule has 3 aromatic rings. The Morgan fingerprint density at radius 2 is 1.82 bits per heavy atom. The van der Waals surface area contributed by atoms with E-state index < -0.39 is 0 Å². The number of nitrogens with one attached hydrogen (secondary N) is 1. The van der Waals surface area contributed by atoms with Gasteiger partial charge < -0.3 is 14.8 Å². The van der Waals surface area contributed by atoms with Crippen molar-refractivity contribution < 1.29 is 9.47 Å². The molecule has 28 heavy (non-hydrogen) atoms. The Balaban J connectivity index is 1.94. The molecule has 0 aliphatic carbocycles. The predicted octanol–water partition coefficient (Wildman–Crippen LogP) is 4.92. The van der Waals surface area contributed by atoms with Gasteiger partial charge in [-0.2, -0.15) is 5.10 Å². The molecule has 5 nitrogen and oxygen atoms in total. The Labute approximate surface area is 166 Å². The van der Waals surface area contributed by atoms with Crippen LogP contribution in [0.2, 0.25) is 0 Å². The van der Waals surface area contributed by atoms with E-state index in [-0.39, 0.29) is 0 Å². The van der Waals surface area contributed by atoms with Crippen molar-refractivity contribution in [2.24, 2.45) is 0 Å². The molecule has 0 spiro atoms. The molecule has 2 heterocycles. The standard InChI is InChI=1S/C23H27N3O2/c1-15-8-9-17(13-16(15)2)26-23-19(7-5-6-12-24-23)22(25-26)20-14-18(27-3)10-11-21(20)28-4/h8-11,13-14,24H,5-7,12H2,1-4H3. The van der Waals surface area contributed by atoms with Crippen molar-refractivity contribution in [3.05, 3.63) is 53.1 Å². The van der Waals surface area contributed by atoms with Gasteiger partial charge in [0.1, 0.15) is 23.0 Å². The van der Waals surface area contributed by atoms with E-state index in [0.29, 0.717) is 0 Å². The molecule has 1 aliphatic rings. The second kappa shape index (κ2) is 7.58. The zero-order valence-corrected chi connectivity index (χ0v) is 17.0. The summed E-state index contributed by atoms with van der Waals surface area (Å²) < 4.78 is 13.1. The van der Waals surface area contributed by atoms with Crippen molar-refractivity contribution >= 4 is 5.82 Å². The first-order chi connectivity index (χ1) is 13.6. The fourth-order valence-corrected chi connectivity index (χ4v) is 3.76. The number of aryl methyl sites for hydroxylation is 2. The first kappa shape index (κ1) is 18.4. The number of aromatic nitrogens is 2. The molecule has 0 unspecified atom stereocenters. The lowest BCUT2D eigenvalue weighted by Crippen LogP contribution is -2.07. The molecule has 0 bridgehead atoms. The van der Waals surface area contributed by atoms with Crippen LogP contribution in [-0.4, -0.2) is 30.5 Å². The van der Waals surface area contributed by atoms with Crippen molar-refractivity contribution in [1.82, 2.24) is 9.78 Å². The number of benzene rings is 2. The summed E-state index contributed by atoms with van der Waals surface area (Å²) in [6.45, 7) is 5.23. The van der Waals surface area contributed by atoms with Crippen LogP contribution in [0.4, 0.5) is 5.82 Å². The van der Waals surface area contributed by atoms with E-state index >= 15 is 0 Å². The van der Waals surface area contributed by atoms with Crippen molar-refractivity contribution in [1.29, 1.82) is 0 Å². The van der Waals surface area contributed by atoms with Crippen molar-refractivity contribution in [2.45, 2.75) is 33.1 Å². The maximum absolute atomic E-state index is 5.65. The smallest absolute Gasteiger partial charge is 0.133 e. The van der Waals surface area contributed by atoms with Crippen molar-refractivity contribution in [2.75, 3.05) is 26.1 Å². The van der Waals surface area contributed by atoms with Crippen LogP contribution in [0, 0.1) is 13.8 Å². The van der Waals surface area contributed by atoms with E-state index in [0.717, 1.165) is 60.1 Å². The minimum Gasteiger partial charge on any atom is -0.497 e. The third-order valence-electron chi connectivity index (χ3n) is 5.53. The van der Waals surface area contributed by atoms with E-state index in [1.54, 1.807) is 14.2 Å². The summed E-state index contributed by atoms with van der Waals surface area (Å²) in [7, 11) is 3.38. The Hall–Kier alpha value is -2.95. The molecular weight excluding hydrogens is 350 g/mol. The molecule has 0 atom stereocenters. The highest BCUT2D eigenvalue weighted by Gasteiger charge is 2.24. The highest BCUT2D eigenvalue weighted by Crippen LogP contribution is 2.39. The van der Waals surface area contributed by atoms with Gasteiger partial charge in [0, 0.05) is 17.7 Å². The van der Waals surface area contributed by atoms with Crippen LogP contribution in [0.5, 0.6) is 11.5 Å². The Morgan fingerprint density at radius 3 is 2.57 bits per heavy atom. The molecule has 1 N–H and O–H groups in total. The summed E-state index contributed by atoms with van der Waals surface area (Å²) in [5.74, 6) is 2.69. The number of hydrogen-bond donors (Lipinski definition) is 1. The number of rotatable bonds is 4. The topological polar surface area (TPSA) is 48.3 Å². The van der Waals surface area contributed by atoms with Gasteiger partial charge in [-0.15, -0.1) is 0 Å². The molecular formula is C23H27N3O2. The summed E-state index contributed by atoms with van der Waals surface area (Å²) in [6.07, 6.45) is 3.27. The number of hydrogen-bond acceptors (Lipinski definition) is 4. The lowest BCUT2D eigenvalue weighted by Gasteiger charge is -2.10. The van der Waals surface area contributed by atoms with E-state index in [1.807, 2.05) is 22.9 Å². The second-order valence-corrected chi connectivity index (χ2v) is 7.31. The van der Waals surface area contributed by atoms with Gasteiger partial charge in [-0.25, -0.2) is 4.68 Å². The Bertz CT molecular complexity index is 1010. The highest BCUT2D eigenvalue weighted by molar-refractivity contribution is 5.76. The molecule has 0 saturated carbocycles. The molecule has 146 valence electrons. The third-order valence-corrected chi connectivity index (χ3v) is 5.53. The summed E-state index contributed by atoms with van der Waals surface area (Å²) >= 11 is 0. The Morgan fingerprint density at radius 1 is 0.964 bits per heavy atom. The van der Waals surface area contributed by atoms with Gasteiger partial charge in [0.15, 0.2) is 0 Å². The summed E-state index contributed by atoms with van der Waals surface area (Å²) in [5, 5.41) is 8.66. The number of ether oxygens (including phenoxy) is 2. The maximum Gasteiger partial charge on any atom is 0.133 e.